The van der Waals surface area contributed by atoms with Crippen molar-refractivity contribution >= 4 is 5.91 Å². The number of aliphatic hydroxyl groups is 1. The van der Waals surface area contributed by atoms with E-state index in [1.165, 1.54) is 12.1 Å². The van der Waals surface area contributed by atoms with Gasteiger partial charge in [-0.15, -0.1) is 0 Å². The zero-order chi connectivity index (χ0) is 17.8. The lowest BCUT2D eigenvalue weighted by molar-refractivity contribution is -0.0502. The standard InChI is InChI=1S/C18H24F2N2O3/c19-18(20)25-16-5-2-1-4-14(16)17(24)22-9-3-8-21(10-11-22)12-15(23)13-6-7-13/h1-2,4-5,13,15,18,23H,3,6-12H2. The van der Waals surface area contributed by atoms with E-state index in [-0.39, 0.29) is 23.3 Å². The molecule has 0 bridgehead atoms. The quantitative estimate of drug-likeness (QED) is 0.851. The lowest BCUT2D eigenvalue weighted by atomic mass is 10.1. The molecule has 1 aliphatic carbocycles. The minimum Gasteiger partial charge on any atom is -0.434 e. The number of benzene rings is 1. The predicted molar refractivity (Wildman–Crippen MR) is 88.8 cm³/mol. The van der Waals surface area contributed by atoms with Gasteiger partial charge < -0.3 is 14.7 Å². The van der Waals surface area contributed by atoms with Crippen LogP contribution in [0.15, 0.2) is 24.3 Å². The molecule has 138 valence electrons. The molecule has 1 atom stereocenters. The van der Waals surface area contributed by atoms with Crippen LogP contribution in [-0.2, 0) is 0 Å². The molecule has 1 N–H and O–H groups in total. The predicted octanol–water partition coefficient (Wildman–Crippen LogP) is 2.21. The summed E-state index contributed by atoms with van der Waals surface area (Å²) in [4.78, 5) is 16.6. The monoisotopic (exact) mass is 354 g/mol. The van der Waals surface area contributed by atoms with Crippen LogP contribution in [-0.4, -0.2) is 66.3 Å². The van der Waals surface area contributed by atoms with Crippen molar-refractivity contribution in [2.24, 2.45) is 5.92 Å². The van der Waals surface area contributed by atoms with Gasteiger partial charge in [-0.3, -0.25) is 9.69 Å². The Morgan fingerprint density at radius 2 is 1.96 bits per heavy atom. The summed E-state index contributed by atoms with van der Waals surface area (Å²) in [7, 11) is 0. The average molecular weight is 354 g/mol. The first-order chi connectivity index (χ1) is 12.0. The van der Waals surface area contributed by atoms with Gasteiger partial charge in [-0.25, -0.2) is 0 Å². The molecule has 2 fully saturated rings. The van der Waals surface area contributed by atoms with Crippen molar-refractivity contribution in [1.29, 1.82) is 0 Å². The fourth-order valence-electron chi connectivity index (χ4n) is 3.26. The zero-order valence-corrected chi connectivity index (χ0v) is 14.1. The second-order valence-electron chi connectivity index (χ2n) is 6.73. The van der Waals surface area contributed by atoms with Crippen molar-refractivity contribution in [3.05, 3.63) is 29.8 Å². The summed E-state index contributed by atoms with van der Waals surface area (Å²) < 4.78 is 29.5. The Morgan fingerprint density at radius 3 is 2.68 bits per heavy atom. The Labute approximate surface area is 146 Å². The van der Waals surface area contributed by atoms with Crippen LogP contribution in [0.4, 0.5) is 8.78 Å². The second kappa shape index (κ2) is 8.10. The third kappa shape index (κ3) is 4.89. The number of para-hydroxylation sites is 1. The lowest BCUT2D eigenvalue weighted by Gasteiger charge is -2.24. The summed E-state index contributed by atoms with van der Waals surface area (Å²) in [5, 5.41) is 10.1. The number of hydrogen-bond acceptors (Lipinski definition) is 4. The summed E-state index contributed by atoms with van der Waals surface area (Å²) in [6, 6.07) is 6.11. The van der Waals surface area contributed by atoms with Crippen LogP contribution in [0.2, 0.25) is 0 Å². The van der Waals surface area contributed by atoms with Crippen molar-refractivity contribution in [3.63, 3.8) is 0 Å². The summed E-state index contributed by atoms with van der Waals surface area (Å²) >= 11 is 0. The molecule has 3 rings (SSSR count). The summed E-state index contributed by atoms with van der Waals surface area (Å²) in [5.41, 5.74) is 0.161. The van der Waals surface area contributed by atoms with E-state index < -0.39 is 6.61 Å². The highest BCUT2D eigenvalue weighted by molar-refractivity contribution is 5.97. The van der Waals surface area contributed by atoms with Gasteiger partial charge >= 0.3 is 6.61 Å². The zero-order valence-electron chi connectivity index (χ0n) is 14.1. The topological polar surface area (TPSA) is 53.0 Å². The number of rotatable bonds is 6. The van der Waals surface area contributed by atoms with Gasteiger partial charge in [0.2, 0.25) is 0 Å². The molecule has 1 saturated heterocycles. The first-order valence-electron chi connectivity index (χ1n) is 8.78. The number of amides is 1. The molecule has 0 aromatic heterocycles. The number of nitrogens with zero attached hydrogens (tertiary/aromatic N) is 2. The molecule has 1 aliphatic heterocycles. The maximum absolute atomic E-state index is 12.7. The highest BCUT2D eigenvalue weighted by atomic mass is 19.3. The first-order valence-corrected chi connectivity index (χ1v) is 8.78. The van der Waals surface area contributed by atoms with E-state index in [2.05, 4.69) is 9.64 Å². The van der Waals surface area contributed by atoms with Crippen LogP contribution in [0.3, 0.4) is 0 Å². The third-order valence-corrected chi connectivity index (χ3v) is 4.82. The van der Waals surface area contributed by atoms with Crippen LogP contribution >= 0.6 is 0 Å². The number of halogens is 2. The van der Waals surface area contributed by atoms with Crippen LogP contribution in [0.25, 0.3) is 0 Å². The van der Waals surface area contributed by atoms with Crippen molar-refractivity contribution < 1.29 is 23.4 Å². The maximum Gasteiger partial charge on any atom is 0.387 e. The molecule has 1 aromatic rings. The van der Waals surface area contributed by atoms with E-state index in [1.54, 1.807) is 17.0 Å². The van der Waals surface area contributed by atoms with Gasteiger partial charge in [0, 0.05) is 26.2 Å². The summed E-state index contributed by atoms with van der Waals surface area (Å²) in [6.07, 6.45) is 2.70. The second-order valence-corrected chi connectivity index (χ2v) is 6.73. The van der Waals surface area contributed by atoms with E-state index >= 15 is 0 Å². The number of ether oxygens (including phenoxy) is 1. The van der Waals surface area contributed by atoms with Gasteiger partial charge in [-0.05, 0) is 43.9 Å². The van der Waals surface area contributed by atoms with Crippen LogP contribution in [0.5, 0.6) is 5.75 Å². The Kier molecular flexibility index (Phi) is 5.86. The molecule has 2 aliphatic rings. The molecule has 1 aromatic carbocycles. The Morgan fingerprint density at radius 1 is 1.20 bits per heavy atom. The van der Waals surface area contributed by atoms with Gasteiger partial charge in [-0.1, -0.05) is 12.1 Å². The summed E-state index contributed by atoms with van der Waals surface area (Å²) in [5.74, 6) is 0.0490. The molecule has 1 saturated carbocycles. The molecular formula is C18H24F2N2O3. The van der Waals surface area contributed by atoms with Gasteiger partial charge in [0.05, 0.1) is 11.7 Å². The Hall–Kier alpha value is -1.73. The van der Waals surface area contributed by atoms with Gasteiger partial charge in [-0.2, -0.15) is 8.78 Å². The smallest absolute Gasteiger partial charge is 0.387 e. The number of carbonyl (C=O) groups is 1. The third-order valence-electron chi connectivity index (χ3n) is 4.82. The van der Waals surface area contributed by atoms with Crippen LogP contribution in [0.1, 0.15) is 29.6 Å². The minimum atomic E-state index is -2.96. The number of hydrogen-bond donors (Lipinski definition) is 1. The van der Waals surface area contributed by atoms with Crippen molar-refractivity contribution in [3.8, 4) is 5.75 Å². The highest BCUT2D eigenvalue weighted by Crippen LogP contribution is 2.33. The van der Waals surface area contributed by atoms with E-state index in [0.717, 1.165) is 25.8 Å². The molecule has 25 heavy (non-hydrogen) atoms. The van der Waals surface area contributed by atoms with E-state index in [1.807, 2.05) is 0 Å². The molecular weight excluding hydrogens is 330 g/mol. The molecule has 1 unspecified atom stereocenters. The number of alkyl halides is 2. The summed E-state index contributed by atoms with van der Waals surface area (Å²) in [6.45, 7) is 0.253. The number of aliphatic hydroxyl groups excluding tert-OH is 1. The number of β-amino-alcohol motifs (C(OH)–C–C–N with tert-alkyl or cyclic N) is 1. The van der Waals surface area contributed by atoms with Crippen molar-refractivity contribution in [2.45, 2.75) is 32.0 Å². The Balaban J connectivity index is 1.61. The van der Waals surface area contributed by atoms with Gasteiger partial charge in [0.1, 0.15) is 5.75 Å². The molecule has 0 radical (unpaired) electrons. The molecule has 7 heteroatoms. The van der Waals surface area contributed by atoms with Crippen LogP contribution < -0.4 is 4.74 Å². The lowest BCUT2D eigenvalue weighted by Crippen LogP contribution is -2.38. The molecule has 0 spiro atoms. The molecule has 1 heterocycles. The first kappa shape index (κ1) is 18.1. The highest BCUT2D eigenvalue weighted by Gasteiger charge is 2.31. The van der Waals surface area contributed by atoms with E-state index in [4.69, 9.17) is 0 Å². The van der Waals surface area contributed by atoms with Gasteiger partial charge in [0.25, 0.3) is 5.91 Å². The largest absolute Gasteiger partial charge is 0.434 e. The number of carbonyl (C=O) groups excluding carboxylic acids is 1. The van der Waals surface area contributed by atoms with Crippen molar-refractivity contribution in [1.82, 2.24) is 9.80 Å². The van der Waals surface area contributed by atoms with E-state index in [9.17, 15) is 18.7 Å². The van der Waals surface area contributed by atoms with E-state index in [0.29, 0.717) is 32.1 Å². The van der Waals surface area contributed by atoms with Crippen LogP contribution in [0, 0.1) is 5.92 Å². The average Bonchev–Trinajstić information content (AvgIpc) is 3.42. The molecule has 1 amide bonds. The van der Waals surface area contributed by atoms with Gasteiger partial charge in [0.15, 0.2) is 0 Å². The fourth-order valence-corrected chi connectivity index (χ4v) is 3.26. The van der Waals surface area contributed by atoms with Crippen molar-refractivity contribution in [2.75, 3.05) is 32.7 Å². The minimum absolute atomic E-state index is 0.0900. The Bertz CT molecular complexity index is 595. The molecule has 5 nitrogen and oxygen atoms in total. The fraction of sp³-hybridized carbons (Fsp3) is 0.611. The SMILES string of the molecule is O=C(c1ccccc1OC(F)F)N1CCCN(CC(O)C2CC2)CC1. The maximum atomic E-state index is 12.7. The normalized spacial score (nSPS) is 20.4.